The Bertz CT molecular complexity index is 716. The van der Waals surface area contributed by atoms with Crippen LogP contribution in [-0.2, 0) is 20.9 Å². The van der Waals surface area contributed by atoms with Gasteiger partial charge in [0, 0.05) is 17.8 Å². The van der Waals surface area contributed by atoms with Gasteiger partial charge in [0.1, 0.15) is 5.60 Å². The molecule has 4 rings (SSSR count). The molecule has 1 amide bonds. The maximum absolute atomic E-state index is 12.6. The zero-order valence-corrected chi connectivity index (χ0v) is 13.6. The first-order chi connectivity index (χ1) is 11.2. The third-order valence-corrected chi connectivity index (χ3v) is 5.70. The van der Waals surface area contributed by atoms with Gasteiger partial charge < -0.3 is 10.1 Å². The summed E-state index contributed by atoms with van der Waals surface area (Å²) >= 11 is 1.56. The smallest absolute Gasteiger partial charge is 0.307 e. The number of esters is 1. The van der Waals surface area contributed by atoms with E-state index in [1.54, 1.807) is 11.3 Å². The van der Waals surface area contributed by atoms with E-state index in [4.69, 9.17) is 4.74 Å². The SMILES string of the molecule is O=C1CC(C(=O)NCc2cn3ccsc3n2)C2(CCCCC2)O1. The molecule has 2 fully saturated rings. The number of fused-ring (bicyclic) bond motifs is 1. The molecule has 1 atom stereocenters. The van der Waals surface area contributed by atoms with E-state index >= 15 is 0 Å². The molecule has 1 N–H and O–H groups in total. The van der Waals surface area contributed by atoms with Crippen LogP contribution >= 0.6 is 11.3 Å². The van der Waals surface area contributed by atoms with Gasteiger partial charge in [0.25, 0.3) is 0 Å². The molecule has 23 heavy (non-hydrogen) atoms. The number of carbonyl (C=O) groups excluding carboxylic acids is 2. The number of aromatic nitrogens is 2. The number of hydrogen-bond donors (Lipinski definition) is 1. The number of hydrogen-bond acceptors (Lipinski definition) is 5. The molecule has 0 bridgehead atoms. The van der Waals surface area contributed by atoms with Crippen molar-refractivity contribution in [2.45, 2.75) is 50.7 Å². The lowest BCUT2D eigenvalue weighted by atomic mass is 9.75. The average Bonchev–Trinajstić information content (AvgIpc) is 3.19. The van der Waals surface area contributed by atoms with Gasteiger partial charge in [-0.15, -0.1) is 11.3 Å². The van der Waals surface area contributed by atoms with Crippen LogP contribution in [0.3, 0.4) is 0 Å². The Labute approximate surface area is 137 Å². The lowest BCUT2D eigenvalue weighted by Crippen LogP contribution is -2.45. The van der Waals surface area contributed by atoms with Crippen molar-refractivity contribution < 1.29 is 14.3 Å². The van der Waals surface area contributed by atoms with Gasteiger partial charge in [0.05, 0.1) is 24.6 Å². The molecule has 2 aliphatic rings. The largest absolute Gasteiger partial charge is 0.458 e. The summed E-state index contributed by atoms with van der Waals surface area (Å²) in [5.74, 6) is -0.692. The molecule has 2 aromatic rings. The third kappa shape index (κ3) is 2.63. The first-order valence-electron chi connectivity index (χ1n) is 8.07. The summed E-state index contributed by atoms with van der Waals surface area (Å²) in [7, 11) is 0. The minimum absolute atomic E-state index is 0.0888. The quantitative estimate of drug-likeness (QED) is 0.875. The lowest BCUT2D eigenvalue weighted by molar-refractivity contribution is -0.153. The van der Waals surface area contributed by atoms with Crippen LogP contribution < -0.4 is 5.32 Å². The number of ether oxygens (including phenoxy) is 1. The van der Waals surface area contributed by atoms with Crippen molar-refractivity contribution in [2.24, 2.45) is 5.92 Å². The normalized spacial score (nSPS) is 23.3. The van der Waals surface area contributed by atoms with Crippen LogP contribution in [0, 0.1) is 5.92 Å². The highest BCUT2D eigenvalue weighted by molar-refractivity contribution is 7.15. The van der Waals surface area contributed by atoms with Crippen LogP contribution in [0.4, 0.5) is 0 Å². The predicted molar refractivity (Wildman–Crippen MR) is 84.9 cm³/mol. The Morgan fingerprint density at radius 2 is 2.26 bits per heavy atom. The summed E-state index contributed by atoms with van der Waals surface area (Å²) in [6.07, 6.45) is 8.86. The molecule has 7 heteroatoms. The van der Waals surface area contributed by atoms with E-state index in [-0.39, 0.29) is 24.2 Å². The van der Waals surface area contributed by atoms with Gasteiger partial charge in [0.2, 0.25) is 5.91 Å². The highest BCUT2D eigenvalue weighted by atomic mass is 32.1. The van der Waals surface area contributed by atoms with Crippen molar-refractivity contribution in [1.29, 1.82) is 0 Å². The number of imidazole rings is 1. The lowest BCUT2D eigenvalue weighted by Gasteiger charge is -2.35. The average molecular weight is 333 g/mol. The Kier molecular flexibility index (Phi) is 3.60. The molecule has 6 nitrogen and oxygen atoms in total. The monoisotopic (exact) mass is 333 g/mol. The van der Waals surface area contributed by atoms with Gasteiger partial charge in [-0.3, -0.25) is 14.0 Å². The summed E-state index contributed by atoms with van der Waals surface area (Å²) in [4.78, 5) is 29.8. The van der Waals surface area contributed by atoms with E-state index < -0.39 is 5.60 Å². The second-order valence-corrected chi connectivity index (χ2v) is 7.27. The fourth-order valence-corrected chi connectivity index (χ4v) is 4.51. The molecule has 1 aliphatic carbocycles. The second kappa shape index (κ2) is 5.63. The van der Waals surface area contributed by atoms with E-state index in [0.717, 1.165) is 42.8 Å². The van der Waals surface area contributed by atoms with Gasteiger partial charge in [-0.25, -0.2) is 4.98 Å². The van der Waals surface area contributed by atoms with Crippen LogP contribution in [0.2, 0.25) is 0 Å². The number of nitrogens with one attached hydrogen (secondary N) is 1. The molecule has 2 aromatic heterocycles. The molecule has 1 saturated heterocycles. The predicted octanol–water partition coefficient (Wildman–Crippen LogP) is 2.28. The third-order valence-electron chi connectivity index (χ3n) is 4.93. The zero-order chi connectivity index (χ0) is 15.9. The molecular weight excluding hydrogens is 314 g/mol. The summed E-state index contributed by atoms with van der Waals surface area (Å²) in [6.45, 7) is 0.383. The summed E-state index contributed by atoms with van der Waals surface area (Å²) < 4.78 is 7.53. The molecule has 122 valence electrons. The molecule has 1 unspecified atom stereocenters. The maximum atomic E-state index is 12.6. The van der Waals surface area contributed by atoms with E-state index in [1.807, 2.05) is 22.2 Å². The van der Waals surface area contributed by atoms with Crippen molar-refractivity contribution in [1.82, 2.24) is 14.7 Å². The number of rotatable bonds is 3. The van der Waals surface area contributed by atoms with Gasteiger partial charge in [-0.2, -0.15) is 0 Å². The summed E-state index contributed by atoms with van der Waals surface area (Å²) in [6, 6.07) is 0. The number of nitrogens with zero attached hydrogens (tertiary/aromatic N) is 2. The van der Waals surface area contributed by atoms with Crippen molar-refractivity contribution in [3.8, 4) is 0 Å². The molecule has 3 heterocycles. The van der Waals surface area contributed by atoms with Crippen molar-refractivity contribution in [2.75, 3.05) is 0 Å². The molecule has 0 aromatic carbocycles. The fourth-order valence-electron chi connectivity index (χ4n) is 3.79. The minimum Gasteiger partial charge on any atom is -0.458 e. The maximum Gasteiger partial charge on any atom is 0.307 e. The Hall–Kier alpha value is -1.89. The van der Waals surface area contributed by atoms with E-state index in [1.165, 1.54) is 0 Å². The molecule has 1 aliphatic heterocycles. The van der Waals surface area contributed by atoms with E-state index in [2.05, 4.69) is 10.3 Å². The molecular formula is C16H19N3O3S. The molecule has 1 spiro atoms. The number of carbonyl (C=O) groups is 2. The first-order valence-corrected chi connectivity index (χ1v) is 8.95. The number of amides is 1. The van der Waals surface area contributed by atoms with Crippen molar-refractivity contribution in [3.63, 3.8) is 0 Å². The summed E-state index contributed by atoms with van der Waals surface area (Å²) in [5.41, 5.74) is 0.265. The Morgan fingerprint density at radius 1 is 1.43 bits per heavy atom. The van der Waals surface area contributed by atoms with Gasteiger partial charge in [0.15, 0.2) is 4.96 Å². The molecule has 1 saturated carbocycles. The highest BCUT2D eigenvalue weighted by Crippen LogP contribution is 2.44. The van der Waals surface area contributed by atoms with Gasteiger partial charge in [-0.1, -0.05) is 6.42 Å². The van der Waals surface area contributed by atoms with Crippen LogP contribution in [0.5, 0.6) is 0 Å². The van der Waals surface area contributed by atoms with Crippen LogP contribution in [-0.4, -0.2) is 26.9 Å². The van der Waals surface area contributed by atoms with Gasteiger partial charge >= 0.3 is 5.97 Å². The van der Waals surface area contributed by atoms with Crippen LogP contribution in [0.25, 0.3) is 4.96 Å². The van der Waals surface area contributed by atoms with Crippen LogP contribution in [0.1, 0.15) is 44.2 Å². The van der Waals surface area contributed by atoms with Crippen molar-refractivity contribution >= 4 is 28.2 Å². The first kappa shape index (κ1) is 14.7. The van der Waals surface area contributed by atoms with Crippen LogP contribution in [0.15, 0.2) is 17.8 Å². The van der Waals surface area contributed by atoms with Gasteiger partial charge in [-0.05, 0) is 25.7 Å². The van der Waals surface area contributed by atoms with Crippen molar-refractivity contribution in [3.05, 3.63) is 23.5 Å². The highest BCUT2D eigenvalue weighted by Gasteiger charge is 2.52. The zero-order valence-electron chi connectivity index (χ0n) is 12.8. The minimum atomic E-state index is -0.562. The van der Waals surface area contributed by atoms with E-state index in [9.17, 15) is 9.59 Å². The second-order valence-electron chi connectivity index (χ2n) is 6.40. The number of thiazole rings is 1. The Balaban J connectivity index is 1.45. The standard InChI is InChI=1S/C16H19N3O3S/c20-13-8-12(16(22-13)4-2-1-3-5-16)14(21)17-9-11-10-19-6-7-23-15(19)18-11/h6-7,10,12H,1-5,8-9H2,(H,17,21). The van der Waals surface area contributed by atoms with E-state index in [0.29, 0.717) is 6.54 Å². The fraction of sp³-hybridized carbons (Fsp3) is 0.562. The molecule has 0 radical (unpaired) electrons. The topological polar surface area (TPSA) is 72.7 Å². The Morgan fingerprint density at radius 3 is 3.04 bits per heavy atom. The summed E-state index contributed by atoms with van der Waals surface area (Å²) in [5, 5.41) is 4.91.